The van der Waals surface area contributed by atoms with E-state index in [0.29, 0.717) is 19.3 Å². The molecule has 0 aliphatic carbocycles. The lowest BCUT2D eigenvalue weighted by molar-refractivity contribution is -0.167. The normalized spacial score (nSPS) is 12.1. The van der Waals surface area contributed by atoms with Crippen LogP contribution < -0.4 is 0 Å². The maximum atomic E-state index is 12.8. The minimum absolute atomic E-state index is 0.0698. The highest BCUT2D eigenvalue weighted by atomic mass is 16.6. The molecule has 69 heavy (non-hydrogen) atoms. The quantitative estimate of drug-likeness (QED) is 0.0261. The molecule has 0 aromatic rings. The molecular weight excluding hydrogens is 853 g/mol. The molecule has 0 aromatic heterocycles. The second kappa shape index (κ2) is 58.5. The third-order valence-electron chi connectivity index (χ3n) is 13.9. The molecule has 0 bridgehead atoms. The van der Waals surface area contributed by atoms with Gasteiger partial charge in [0.25, 0.3) is 0 Å². The molecule has 0 saturated heterocycles. The fourth-order valence-electron chi connectivity index (χ4n) is 9.26. The first-order valence-electron chi connectivity index (χ1n) is 30.8. The van der Waals surface area contributed by atoms with Gasteiger partial charge in [-0.3, -0.25) is 14.4 Å². The van der Waals surface area contributed by atoms with Crippen LogP contribution in [0.25, 0.3) is 0 Å². The Bertz CT molecular complexity index is 1110. The standard InChI is InChI=1S/C63H118O6/c1-4-7-10-13-16-19-21-23-25-26-27-28-29-30-31-32-33-34-35-36-37-38-39-41-42-44-47-50-53-56-62(65)68-59-60(58-67-61(64)55-52-49-46-18-15-12-9-6-3)69-63(66)57-54-51-48-45-43-40-24-22-20-17-14-11-8-5-2/h22,24,26-27,60H,4-21,23,25,28-59H2,1-3H3/b24-22-,27-26-. The van der Waals surface area contributed by atoms with Gasteiger partial charge in [0.05, 0.1) is 0 Å². The van der Waals surface area contributed by atoms with Crippen LogP contribution in [0.4, 0.5) is 0 Å². The summed E-state index contributed by atoms with van der Waals surface area (Å²) in [6.07, 6.45) is 69.3. The lowest BCUT2D eigenvalue weighted by Gasteiger charge is -2.18. The Hall–Kier alpha value is -2.11. The molecule has 406 valence electrons. The first-order chi connectivity index (χ1) is 34.0. The van der Waals surface area contributed by atoms with Crippen molar-refractivity contribution in [3.63, 3.8) is 0 Å². The molecule has 0 spiro atoms. The van der Waals surface area contributed by atoms with E-state index in [1.807, 2.05) is 0 Å². The summed E-state index contributed by atoms with van der Waals surface area (Å²) in [7, 11) is 0. The van der Waals surface area contributed by atoms with Gasteiger partial charge in [-0.25, -0.2) is 0 Å². The highest BCUT2D eigenvalue weighted by Gasteiger charge is 2.19. The topological polar surface area (TPSA) is 78.9 Å². The molecule has 0 rings (SSSR count). The number of hydrogen-bond acceptors (Lipinski definition) is 6. The van der Waals surface area contributed by atoms with Crippen LogP contribution in [-0.4, -0.2) is 37.2 Å². The average Bonchev–Trinajstić information content (AvgIpc) is 3.35. The van der Waals surface area contributed by atoms with Gasteiger partial charge in [0.1, 0.15) is 13.2 Å². The van der Waals surface area contributed by atoms with Crippen molar-refractivity contribution in [1.29, 1.82) is 0 Å². The molecule has 0 amide bonds. The van der Waals surface area contributed by atoms with Crippen molar-refractivity contribution >= 4 is 17.9 Å². The summed E-state index contributed by atoms with van der Waals surface area (Å²) in [4.78, 5) is 38.0. The number of allylic oxidation sites excluding steroid dienone is 4. The van der Waals surface area contributed by atoms with Gasteiger partial charge in [0.2, 0.25) is 0 Å². The van der Waals surface area contributed by atoms with Gasteiger partial charge >= 0.3 is 17.9 Å². The van der Waals surface area contributed by atoms with Crippen molar-refractivity contribution in [1.82, 2.24) is 0 Å². The number of esters is 3. The molecule has 0 radical (unpaired) electrons. The van der Waals surface area contributed by atoms with Crippen LogP contribution >= 0.6 is 0 Å². The van der Waals surface area contributed by atoms with Crippen LogP contribution in [0.5, 0.6) is 0 Å². The molecule has 1 unspecified atom stereocenters. The van der Waals surface area contributed by atoms with E-state index in [9.17, 15) is 14.4 Å². The predicted molar refractivity (Wildman–Crippen MR) is 298 cm³/mol. The highest BCUT2D eigenvalue weighted by molar-refractivity contribution is 5.71. The molecule has 0 N–H and O–H groups in total. The molecule has 0 aromatic carbocycles. The molecule has 6 heteroatoms. The summed E-state index contributed by atoms with van der Waals surface area (Å²) in [5.74, 6) is -0.864. The minimum atomic E-state index is -0.769. The molecule has 1 atom stereocenters. The third kappa shape index (κ3) is 56.7. The number of carbonyl (C=O) groups excluding carboxylic acids is 3. The molecule has 0 saturated carbocycles. The van der Waals surface area contributed by atoms with Crippen molar-refractivity contribution in [2.75, 3.05) is 13.2 Å². The summed E-state index contributed by atoms with van der Waals surface area (Å²) < 4.78 is 16.8. The van der Waals surface area contributed by atoms with Crippen molar-refractivity contribution in [3.05, 3.63) is 24.3 Å². The summed E-state index contributed by atoms with van der Waals surface area (Å²) in [6.45, 7) is 6.64. The van der Waals surface area contributed by atoms with Gasteiger partial charge < -0.3 is 14.2 Å². The largest absolute Gasteiger partial charge is 0.462 e. The van der Waals surface area contributed by atoms with Crippen LogP contribution in [-0.2, 0) is 28.6 Å². The van der Waals surface area contributed by atoms with Crippen LogP contribution in [0.3, 0.4) is 0 Å². The Morgan fingerprint density at radius 1 is 0.275 bits per heavy atom. The van der Waals surface area contributed by atoms with Gasteiger partial charge in [-0.2, -0.15) is 0 Å². The van der Waals surface area contributed by atoms with Crippen molar-refractivity contribution in [3.8, 4) is 0 Å². The smallest absolute Gasteiger partial charge is 0.306 e. The van der Waals surface area contributed by atoms with Crippen molar-refractivity contribution in [2.24, 2.45) is 0 Å². The summed E-state index contributed by atoms with van der Waals surface area (Å²) in [6, 6.07) is 0. The van der Waals surface area contributed by atoms with E-state index in [1.54, 1.807) is 0 Å². The Balaban J connectivity index is 4.03. The van der Waals surface area contributed by atoms with Crippen molar-refractivity contribution < 1.29 is 28.6 Å². The first kappa shape index (κ1) is 66.9. The number of carbonyl (C=O) groups is 3. The SMILES string of the molecule is CCCCCCC/C=C\CCCCCCCC(=O)OC(COC(=O)CCCCCCCCCC)COC(=O)CCCCCCCCCCCCCCCCCCC/C=C\CCCCCCCCCC. The maximum Gasteiger partial charge on any atom is 0.306 e. The van der Waals surface area contributed by atoms with E-state index in [4.69, 9.17) is 14.2 Å². The molecular formula is C63H118O6. The molecule has 0 aliphatic heterocycles. The fourth-order valence-corrected chi connectivity index (χ4v) is 9.26. The molecule has 0 fully saturated rings. The fraction of sp³-hybridized carbons (Fsp3) is 0.889. The Morgan fingerprint density at radius 3 is 0.725 bits per heavy atom. The Kier molecular flexibility index (Phi) is 56.7. The minimum Gasteiger partial charge on any atom is -0.462 e. The summed E-state index contributed by atoms with van der Waals surface area (Å²) in [5.41, 5.74) is 0. The predicted octanol–water partition coefficient (Wildman–Crippen LogP) is 20.7. The lowest BCUT2D eigenvalue weighted by Crippen LogP contribution is -2.30. The number of ether oxygens (including phenoxy) is 3. The maximum absolute atomic E-state index is 12.8. The molecule has 0 aliphatic rings. The van der Waals surface area contributed by atoms with E-state index < -0.39 is 6.10 Å². The average molecular weight is 972 g/mol. The number of rotatable bonds is 57. The van der Waals surface area contributed by atoms with Crippen LogP contribution in [0.1, 0.15) is 342 Å². The first-order valence-corrected chi connectivity index (χ1v) is 30.8. The Morgan fingerprint density at radius 2 is 0.478 bits per heavy atom. The van der Waals surface area contributed by atoms with Gasteiger partial charge in [-0.05, 0) is 70.6 Å². The van der Waals surface area contributed by atoms with Gasteiger partial charge in [-0.15, -0.1) is 0 Å². The number of hydrogen-bond donors (Lipinski definition) is 0. The third-order valence-corrected chi connectivity index (χ3v) is 13.9. The highest BCUT2D eigenvalue weighted by Crippen LogP contribution is 2.17. The van der Waals surface area contributed by atoms with Gasteiger partial charge in [0.15, 0.2) is 6.10 Å². The monoisotopic (exact) mass is 971 g/mol. The van der Waals surface area contributed by atoms with Gasteiger partial charge in [-0.1, -0.05) is 276 Å². The molecule has 0 heterocycles. The van der Waals surface area contributed by atoms with E-state index in [-0.39, 0.29) is 31.1 Å². The van der Waals surface area contributed by atoms with E-state index in [1.165, 1.54) is 238 Å². The van der Waals surface area contributed by atoms with Crippen molar-refractivity contribution in [2.45, 2.75) is 348 Å². The van der Waals surface area contributed by atoms with Crippen LogP contribution in [0.15, 0.2) is 24.3 Å². The van der Waals surface area contributed by atoms with Crippen LogP contribution in [0, 0.1) is 0 Å². The molecule has 6 nitrogen and oxygen atoms in total. The summed E-state index contributed by atoms with van der Waals surface area (Å²) in [5, 5.41) is 0. The van der Waals surface area contributed by atoms with E-state index in [0.717, 1.165) is 64.2 Å². The van der Waals surface area contributed by atoms with Crippen LogP contribution in [0.2, 0.25) is 0 Å². The van der Waals surface area contributed by atoms with E-state index >= 15 is 0 Å². The second-order valence-electron chi connectivity index (χ2n) is 21.0. The zero-order valence-electron chi connectivity index (χ0n) is 46.6. The van der Waals surface area contributed by atoms with E-state index in [2.05, 4.69) is 45.1 Å². The lowest BCUT2D eigenvalue weighted by atomic mass is 10.0. The zero-order chi connectivity index (χ0) is 50.0. The van der Waals surface area contributed by atoms with Gasteiger partial charge in [0, 0.05) is 19.3 Å². The summed E-state index contributed by atoms with van der Waals surface area (Å²) >= 11 is 0. The number of unbranched alkanes of at least 4 members (excludes halogenated alkanes) is 42. The zero-order valence-corrected chi connectivity index (χ0v) is 46.6. The Labute approximate surface area is 430 Å². The second-order valence-corrected chi connectivity index (χ2v) is 21.0.